The molecule has 2 aromatic rings. The molecule has 2 heteroatoms. The first-order valence-corrected chi connectivity index (χ1v) is 6.58. The van der Waals surface area contributed by atoms with Gasteiger partial charge in [-0.3, -0.25) is 4.79 Å². The van der Waals surface area contributed by atoms with Gasteiger partial charge in [0.05, 0.1) is 5.41 Å². The SMILES string of the molecule is CC(CS)(C(=O)c1ccccc1)c1ccccc1. The summed E-state index contributed by atoms with van der Waals surface area (Å²) in [5.41, 5.74) is 1.16. The molecule has 92 valence electrons. The Morgan fingerprint density at radius 3 is 2.00 bits per heavy atom. The lowest BCUT2D eigenvalue weighted by Crippen LogP contribution is -2.34. The second-order valence-corrected chi connectivity index (χ2v) is 4.87. The van der Waals surface area contributed by atoms with Gasteiger partial charge in [0.25, 0.3) is 0 Å². The molecule has 0 aliphatic heterocycles. The maximum atomic E-state index is 12.6. The molecule has 0 amide bonds. The minimum Gasteiger partial charge on any atom is -0.293 e. The average Bonchev–Trinajstić information content (AvgIpc) is 2.47. The lowest BCUT2D eigenvalue weighted by Gasteiger charge is -2.26. The highest BCUT2D eigenvalue weighted by molar-refractivity contribution is 7.80. The van der Waals surface area contributed by atoms with Crippen molar-refractivity contribution in [1.29, 1.82) is 0 Å². The highest BCUT2D eigenvalue weighted by Gasteiger charge is 2.34. The normalized spacial score (nSPS) is 13.9. The van der Waals surface area contributed by atoms with Crippen LogP contribution in [0.1, 0.15) is 22.8 Å². The Bertz CT molecular complexity index is 521. The molecule has 2 rings (SSSR count). The molecule has 0 N–H and O–H groups in total. The first kappa shape index (κ1) is 12.9. The molecule has 0 saturated carbocycles. The van der Waals surface area contributed by atoms with E-state index in [-0.39, 0.29) is 5.78 Å². The lowest BCUT2D eigenvalue weighted by atomic mass is 9.78. The van der Waals surface area contributed by atoms with Crippen LogP contribution in [0, 0.1) is 0 Å². The molecule has 0 bridgehead atoms. The van der Waals surface area contributed by atoms with Gasteiger partial charge in [-0.1, -0.05) is 60.7 Å². The Morgan fingerprint density at radius 2 is 1.50 bits per heavy atom. The van der Waals surface area contributed by atoms with E-state index in [0.29, 0.717) is 5.75 Å². The maximum Gasteiger partial charge on any atom is 0.173 e. The van der Waals surface area contributed by atoms with Gasteiger partial charge >= 0.3 is 0 Å². The van der Waals surface area contributed by atoms with E-state index in [1.54, 1.807) is 0 Å². The van der Waals surface area contributed by atoms with Crippen LogP contribution in [0.15, 0.2) is 60.7 Å². The lowest BCUT2D eigenvalue weighted by molar-refractivity contribution is 0.0912. The first-order chi connectivity index (χ1) is 8.68. The molecule has 0 saturated heterocycles. The smallest absolute Gasteiger partial charge is 0.173 e. The number of hydrogen-bond donors (Lipinski definition) is 1. The standard InChI is InChI=1S/C16H16OS/c1-16(12-18,14-10-6-3-7-11-14)15(17)13-8-4-2-5-9-13/h2-11,18H,12H2,1H3. The molecular weight excluding hydrogens is 240 g/mol. The molecule has 0 spiro atoms. The van der Waals surface area contributed by atoms with Gasteiger partial charge in [-0.25, -0.2) is 0 Å². The van der Waals surface area contributed by atoms with E-state index in [4.69, 9.17) is 0 Å². The van der Waals surface area contributed by atoms with Crippen LogP contribution in [-0.4, -0.2) is 11.5 Å². The molecule has 0 fully saturated rings. The van der Waals surface area contributed by atoms with Gasteiger partial charge in [0.2, 0.25) is 0 Å². The topological polar surface area (TPSA) is 17.1 Å². The molecule has 0 aliphatic rings. The minimum atomic E-state index is -0.578. The van der Waals surface area contributed by atoms with Crippen molar-refractivity contribution in [2.24, 2.45) is 0 Å². The van der Waals surface area contributed by atoms with Gasteiger partial charge in [-0.15, -0.1) is 0 Å². The van der Waals surface area contributed by atoms with Gasteiger partial charge in [-0.05, 0) is 12.5 Å². The summed E-state index contributed by atoms with van der Waals surface area (Å²) < 4.78 is 0. The molecule has 1 unspecified atom stereocenters. The van der Waals surface area contributed by atoms with Crippen LogP contribution in [0.3, 0.4) is 0 Å². The number of thiol groups is 1. The number of rotatable bonds is 4. The zero-order valence-electron chi connectivity index (χ0n) is 10.3. The second kappa shape index (κ2) is 5.40. The van der Waals surface area contributed by atoms with Crippen molar-refractivity contribution in [1.82, 2.24) is 0 Å². The van der Waals surface area contributed by atoms with Crippen LogP contribution in [0.2, 0.25) is 0 Å². The second-order valence-electron chi connectivity index (χ2n) is 4.55. The van der Waals surface area contributed by atoms with Gasteiger partial charge in [0.1, 0.15) is 0 Å². The highest BCUT2D eigenvalue weighted by atomic mass is 32.1. The third kappa shape index (κ3) is 2.34. The van der Waals surface area contributed by atoms with Crippen molar-refractivity contribution < 1.29 is 4.79 Å². The summed E-state index contributed by atoms with van der Waals surface area (Å²) in [6.45, 7) is 1.95. The van der Waals surface area contributed by atoms with E-state index in [2.05, 4.69) is 12.6 Å². The average molecular weight is 256 g/mol. The zero-order chi connectivity index (χ0) is 13.0. The van der Waals surface area contributed by atoms with Crippen LogP contribution < -0.4 is 0 Å². The molecular formula is C16H16OS. The fraction of sp³-hybridized carbons (Fsp3) is 0.188. The van der Waals surface area contributed by atoms with Gasteiger partial charge < -0.3 is 0 Å². The van der Waals surface area contributed by atoms with E-state index < -0.39 is 5.41 Å². The summed E-state index contributed by atoms with van der Waals surface area (Å²) in [5.74, 6) is 0.606. The quantitative estimate of drug-likeness (QED) is 0.651. The molecule has 2 aromatic carbocycles. The van der Waals surface area contributed by atoms with Crippen LogP contribution in [0.4, 0.5) is 0 Å². The number of ketones is 1. The Morgan fingerprint density at radius 1 is 1.00 bits per heavy atom. The van der Waals surface area contributed by atoms with Crippen LogP contribution in [-0.2, 0) is 5.41 Å². The Hall–Kier alpha value is -1.54. The number of carbonyl (C=O) groups is 1. The number of hydrogen-bond acceptors (Lipinski definition) is 2. The van der Waals surface area contributed by atoms with Crippen LogP contribution in [0.5, 0.6) is 0 Å². The van der Waals surface area contributed by atoms with E-state index in [1.165, 1.54) is 0 Å². The Balaban J connectivity index is 2.43. The molecule has 0 heterocycles. The van der Waals surface area contributed by atoms with E-state index in [1.807, 2.05) is 67.6 Å². The van der Waals surface area contributed by atoms with Crippen LogP contribution >= 0.6 is 12.6 Å². The third-order valence-electron chi connectivity index (χ3n) is 3.26. The van der Waals surface area contributed by atoms with Crippen molar-refractivity contribution >= 4 is 18.4 Å². The van der Waals surface area contributed by atoms with Gasteiger partial charge in [0, 0.05) is 11.3 Å². The molecule has 0 aliphatic carbocycles. The summed E-state index contributed by atoms with van der Waals surface area (Å²) in [7, 11) is 0. The third-order valence-corrected chi connectivity index (χ3v) is 3.90. The summed E-state index contributed by atoms with van der Waals surface area (Å²) in [4.78, 5) is 12.6. The monoisotopic (exact) mass is 256 g/mol. The fourth-order valence-corrected chi connectivity index (χ4v) is 2.33. The Kier molecular flexibility index (Phi) is 3.87. The van der Waals surface area contributed by atoms with Gasteiger partial charge in [0.15, 0.2) is 5.78 Å². The van der Waals surface area contributed by atoms with E-state index in [9.17, 15) is 4.79 Å². The van der Waals surface area contributed by atoms with Crippen molar-refractivity contribution in [2.45, 2.75) is 12.3 Å². The summed E-state index contributed by atoms with van der Waals surface area (Å²) >= 11 is 4.38. The van der Waals surface area contributed by atoms with Crippen molar-refractivity contribution in [2.75, 3.05) is 5.75 Å². The minimum absolute atomic E-state index is 0.115. The molecule has 0 radical (unpaired) electrons. The molecule has 1 atom stereocenters. The number of Topliss-reactive ketones (excluding diaryl/α,β-unsaturated/α-hetero) is 1. The van der Waals surface area contributed by atoms with E-state index in [0.717, 1.165) is 11.1 Å². The number of benzene rings is 2. The predicted octanol–water partition coefficient (Wildman–Crippen LogP) is 3.76. The van der Waals surface area contributed by atoms with Gasteiger partial charge in [-0.2, -0.15) is 12.6 Å². The van der Waals surface area contributed by atoms with Crippen molar-refractivity contribution in [3.05, 3.63) is 71.8 Å². The molecule has 18 heavy (non-hydrogen) atoms. The number of carbonyl (C=O) groups excluding carboxylic acids is 1. The highest BCUT2D eigenvalue weighted by Crippen LogP contribution is 2.29. The maximum absolute atomic E-state index is 12.6. The zero-order valence-corrected chi connectivity index (χ0v) is 11.2. The summed E-state index contributed by atoms with van der Waals surface area (Å²) in [6, 6.07) is 19.2. The molecule has 0 aromatic heterocycles. The first-order valence-electron chi connectivity index (χ1n) is 5.95. The largest absolute Gasteiger partial charge is 0.293 e. The predicted molar refractivity (Wildman–Crippen MR) is 78.4 cm³/mol. The van der Waals surface area contributed by atoms with Crippen molar-refractivity contribution in [3.63, 3.8) is 0 Å². The van der Waals surface area contributed by atoms with Crippen molar-refractivity contribution in [3.8, 4) is 0 Å². The Labute approximate surface area is 113 Å². The van der Waals surface area contributed by atoms with Crippen LogP contribution in [0.25, 0.3) is 0 Å². The summed E-state index contributed by atoms with van der Waals surface area (Å²) in [5, 5.41) is 0. The summed E-state index contributed by atoms with van der Waals surface area (Å²) in [6.07, 6.45) is 0. The van der Waals surface area contributed by atoms with E-state index >= 15 is 0 Å². The molecule has 1 nitrogen and oxygen atoms in total. The fourth-order valence-electron chi connectivity index (χ4n) is 2.01.